The number of carbonyl (C=O) groups excluding carboxylic acids is 1. The molecule has 2 N–H and O–H groups in total. The summed E-state index contributed by atoms with van der Waals surface area (Å²) < 4.78 is 1.05. The van der Waals surface area contributed by atoms with Crippen LogP contribution < -0.4 is 10.6 Å². The molecule has 2 atom stereocenters. The molecule has 0 bridgehead atoms. The summed E-state index contributed by atoms with van der Waals surface area (Å²) in [6.45, 7) is 7.27. The number of carbonyl (C=O) groups is 1. The molecule has 4 heteroatoms. The lowest BCUT2D eigenvalue weighted by molar-refractivity contribution is -0.127. The Morgan fingerprint density at radius 3 is 2.65 bits per heavy atom. The molecule has 2 unspecified atom stereocenters. The van der Waals surface area contributed by atoms with Crippen molar-refractivity contribution in [2.75, 3.05) is 6.54 Å². The number of piperidine rings is 1. The van der Waals surface area contributed by atoms with Gasteiger partial charge in [-0.25, -0.2) is 0 Å². The van der Waals surface area contributed by atoms with Crippen molar-refractivity contribution >= 4 is 21.8 Å². The summed E-state index contributed by atoms with van der Waals surface area (Å²) in [4.78, 5) is 12.5. The third-order valence-corrected chi connectivity index (χ3v) is 4.65. The van der Waals surface area contributed by atoms with E-state index in [2.05, 4.69) is 40.4 Å². The van der Waals surface area contributed by atoms with E-state index in [-0.39, 0.29) is 23.4 Å². The van der Waals surface area contributed by atoms with Crippen molar-refractivity contribution in [3.63, 3.8) is 0 Å². The number of halogens is 1. The number of rotatable bonds is 3. The normalized spacial score (nSPS) is 23.1. The fraction of sp³-hybridized carbons (Fsp3) is 0.562. The van der Waals surface area contributed by atoms with Gasteiger partial charge in [0.15, 0.2) is 0 Å². The Hall–Kier alpha value is -0.870. The monoisotopic (exact) mass is 338 g/mol. The zero-order valence-corrected chi connectivity index (χ0v) is 14.0. The highest BCUT2D eigenvalue weighted by Gasteiger charge is 2.37. The Bertz CT molecular complexity index is 470. The first-order chi connectivity index (χ1) is 9.40. The van der Waals surface area contributed by atoms with E-state index in [9.17, 15) is 4.79 Å². The molecule has 3 nitrogen and oxygen atoms in total. The highest BCUT2D eigenvalue weighted by molar-refractivity contribution is 9.10. The Labute approximate surface area is 129 Å². The third kappa shape index (κ3) is 3.61. The van der Waals surface area contributed by atoms with Crippen molar-refractivity contribution in [1.82, 2.24) is 10.6 Å². The van der Waals surface area contributed by atoms with Gasteiger partial charge in [0.2, 0.25) is 5.91 Å². The summed E-state index contributed by atoms with van der Waals surface area (Å²) in [6.07, 6.45) is 2.23. The molecule has 1 aliphatic rings. The summed E-state index contributed by atoms with van der Waals surface area (Å²) in [7, 11) is 0. The molecule has 20 heavy (non-hydrogen) atoms. The SMILES string of the molecule is CC(NC(=O)C1NCCCC1(C)C)c1ccc(Br)cc1. The predicted octanol–water partition coefficient (Wildman–Crippen LogP) is 3.40. The molecule has 1 aromatic carbocycles. The number of benzene rings is 1. The summed E-state index contributed by atoms with van der Waals surface area (Å²) in [5, 5.41) is 6.48. The first-order valence-electron chi connectivity index (χ1n) is 7.19. The van der Waals surface area contributed by atoms with E-state index in [1.165, 1.54) is 0 Å². The average molecular weight is 339 g/mol. The molecule has 1 amide bonds. The van der Waals surface area contributed by atoms with Gasteiger partial charge in [-0.1, -0.05) is 41.9 Å². The first kappa shape index (κ1) is 15.5. The molecule has 0 aliphatic carbocycles. The summed E-state index contributed by atoms with van der Waals surface area (Å²) >= 11 is 3.43. The second-order valence-corrected chi connectivity index (χ2v) is 7.18. The van der Waals surface area contributed by atoms with Crippen LogP contribution in [0.25, 0.3) is 0 Å². The maximum atomic E-state index is 12.5. The van der Waals surface area contributed by atoms with Gasteiger partial charge in [0.25, 0.3) is 0 Å². The molecule has 1 aromatic rings. The number of hydrogen-bond acceptors (Lipinski definition) is 2. The molecule has 0 saturated carbocycles. The average Bonchev–Trinajstić information content (AvgIpc) is 2.38. The van der Waals surface area contributed by atoms with Crippen LogP contribution in [-0.2, 0) is 4.79 Å². The Balaban J connectivity index is 2.01. The predicted molar refractivity (Wildman–Crippen MR) is 85.5 cm³/mol. The number of amides is 1. The molecular formula is C16H23BrN2O. The molecule has 1 saturated heterocycles. The van der Waals surface area contributed by atoms with E-state index in [0.29, 0.717) is 0 Å². The molecule has 110 valence electrons. The van der Waals surface area contributed by atoms with Crippen LogP contribution in [0, 0.1) is 5.41 Å². The minimum atomic E-state index is -0.103. The van der Waals surface area contributed by atoms with Crippen molar-refractivity contribution in [2.24, 2.45) is 5.41 Å². The molecule has 0 aromatic heterocycles. The second-order valence-electron chi connectivity index (χ2n) is 6.26. The zero-order chi connectivity index (χ0) is 14.8. The fourth-order valence-corrected chi connectivity index (χ4v) is 3.05. The Morgan fingerprint density at radius 1 is 1.40 bits per heavy atom. The molecule has 0 radical (unpaired) electrons. The van der Waals surface area contributed by atoms with E-state index >= 15 is 0 Å². The van der Waals surface area contributed by atoms with Gasteiger partial charge in [-0.2, -0.15) is 0 Å². The van der Waals surface area contributed by atoms with Crippen molar-refractivity contribution in [3.8, 4) is 0 Å². The third-order valence-electron chi connectivity index (χ3n) is 4.12. The van der Waals surface area contributed by atoms with Crippen LogP contribution in [0.4, 0.5) is 0 Å². The van der Waals surface area contributed by atoms with Gasteiger partial charge < -0.3 is 10.6 Å². The van der Waals surface area contributed by atoms with E-state index in [0.717, 1.165) is 29.4 Å². The molecule has 2 rings (SSSR count). The van der Waals surface area contributed by atoms with Crippen molar-refractivity contribution in [1.29, 1.82) is 0 Å². The lowest BCUT2D eigenvalue weighted by Gasteiger charge is -2.38. The van der Waals surface area contributed by atoms with Crippen LogP contribution in [0.15, 0.2) is 28.7 Å². The van der Waals surface area contributed by atoms with Crippen LogP contribution in [0.3, 0.4) is 0 Å². The maximum Gasteiger partial charge on any atom is 0.238 e. The highest BCUT2D eigenvalue weighted by atomic mass is 79.9. The van der Waals surface area contributed by atoms with Crippen molar-refractivity contribution in [2.45, 2.75) is 45.7 Å². The Kier molecular flexibility index (Phi) is 4.86. The Morgan fingerprint density at radius 2 is 2.05 bits per heavy atom. The van der Waals surface area contributed by atoms with Crippen LogP contribution in [0.2, 0.25) is 0 Å². The lowest BCUT2D eigenvalue weighted by atomic mass is 9.77. The van der Waals surface area contributed by atoms with Crippen molar-refractivity contribution < 1.29 is 4.79 Å². The van der Waals surface area contributed by atoms with Gasteiger partial charge in [0.05, 0.1) is 12.1 Å². The second kappa shape index (κ2) is 6.27. The first-order valence-corrected chi connectivity index (χ1v) is 7.99. The molecule has 1 heterocycles. The summed E-state index contributed by atoms with van der Waals surface area (Å²) in [5.41, 5.74) is 1.14. The van der Waals surface area contributed by atoms with Crippen LogP contribution in [-0.4, -0.2) is 18.5 Å². The van der Waals surface area contributed by atoms with Crippen molar-refractivity contribution in [3.05, 3.63) is 34.3 Å². The summed E-state index contributed by atoms with van der Waals surface area (Å²) in [6, 6.07) is 7.99. The molecule has 1 fully saturated rings. The standard InChI is InChI=1S/C16H23BrN2O/c1-11(12-5-7-13(17)8-6-12)19-15(20)14-16(2,3)9-4-10-18-14/h5-8,11,14,18H,4,9-10H2,1-3H3,(H,19,20). The largest absolute Gasteiger partial charge is 0.348 e. The van der Waals surface area contributed by atoms with Gasteiger partial charge in [-0.05, 0) is 49.4 Å². The van der Waals surface area contributed by atoms with E-state index in [1.54, 1.807) is 0 Å². The van der Waals surface area contributed by atoms with Gasteiger partial charge in [-0.3, -0.25) is 4.79 Å². The maximum absolute atomic E-state index is 12.5. The summed E-state index contributed by atoms with van der Waals surface area (Å²) in [5.74, 6) is 0.102. The van der Waals surface area contributed by atoms with Crippen LogP contribution >= 0.6 is 15.9 Å². The topological polar surface area (TPSA) is 41.1 Å². The number of hydrogen-bond donors (Lipinski definition) is 2. The van der Waals surface area contributed by atoms with Crippen LogP contribution in [0.5, 0.6) is 0 Å². The quantitative estimate of drug-likeness (QED) is 0.886. The highest BCUT2D eigenvalue weighted by Crippen LogP contribution is 2.30. The number of nitrogens with one attached hydrogen (secondary N) is 2. The van der Waals surface area contributed by atoms with Crippen LogP contribution in [0.1, 0.15) is 45.2 Å². The minimum absolute atomic E-state index is 0.0156. The molecular weight excluding hydrogens is 316 g/mol. The zero-order valence-electron chi connectivity index (χ0n) is 12.4. The van der Waals surface area contributed by atoms with Gasteiger partial charge in [-0.15, -0.1) is 0 Å². The van der Waals surface area contributed by atoms with Gasteiger partial charge in [0.1, 0.15) is 0 Å². The molecule has 1 aliphatic heterocycles. The van der Waals surface area contributed by atoms with E-state index < -0.39 is 0 Å². The lowest BCUT2D eigenvalue weighted by Crippen LogP contribution is -2.55. The van der Waals surface area contributed by atoms with E-state index in [4.69, 9.17) is 0 Å². The van der Waals surface area contributed by atoms with Gasteiger partial charge >= 0.3 is 0 Å². The molecule has 0 spiro atoms. The van der Waals surface area contributed by atoms with Gasteiger partial charge in [0, 0.05) is 4.47 Å². The minimum Gasteiger partial charge on any atom is -0.348 e. The van der Waals surface area contributed by atoms with E-state index in [1.807, 2.05) is 31.2 Å². The fourth-order valence-electron chi connectivity index (χ4n) is 2.79. The smallest absolute Gasteiger partial charge is 0.238 e.